The Morgan fingerprint density at radius 3 is 2.64 bits per heavy atom. The van der Waals surface area contributed by atoms with Gasteiger partial charge in [0.1, 0.15) is 5.82 Å². The standard InChI is InChI=1S/C21H33FN4O.HI/c1-23-21(24-10-4-7-17-5-2-3-6-17)25-16-18-8-9-20(19(22)15-18)26-11-13-27-14-12-26;/h8-9,15,17H,2-7,10-14,16H2,1H3,(H2,23,24,25);1H. The second kappa shape index (κ2) is 12.5. The molecule has 0 aromatic heterocycles. The molecule has 0 amide bonds. The van der Waals surface area contributed by atoms with E-state index >= 15 is 0 Å². The second-order valence-corrected chi connectivity index (χ2v) is 7.53. The van der Waals surface area contributed by atoms with Crippen LogP contribution >= 0.6 is 24.0 Å². The lowest BCUT2D eigenvalue weighted by Gasteiger charge is -2.29. The number of halogens is 2. The summed E-state index contributed by atoms with van der Waals surface area (Å²) in [4.78, 5) is 6.31. The third-order valence-corrected chi connectivity index (χ3v) is 5.60. The second-order valence-electron chi connectivity index (χ2n) is 7.53. The molecule has 158 valence electrons. The van der Waals surface area contributed by atoms with Crippen molar-refractivity contribution in [3.8, 4) is 0 Å². The summed E-state index contributed by atoms with van der Waals surface area (Å²) in [5.41, 5.74) is 1.58. The topological polar surface area (TPSA) is 48.9 Å². The third-order valence-electron chi connectivity index (χ3n) is 5.60. The Bertz CT molecular complexity index is 616. The first-order chi connectivity index (χ1) is 13.3. The molecule has 1 saturated carbocycles. The van der Waals surface area contributed by atoms with Crippen molar-refractivity contribution in [2.45, 2.75) is 45.1 Å². The Labute approximate surface area is 185 Å². The van der Waals surface area contributed by atoms with E-state index < -0.39 is 0 Å². The zero-order valence-corrected chi connectivity index (χ0v) is 19.2. The highest BCUT2D eigenvalue weighted by molar-refractivity contribution is 14.0. The smallest absolute Gasteiger partial charge is 0.191 e. The number of guanidine groups is 1. The molecule has 1 aromatic rings. The zero-order valence-electron chi connectivity index (χ0n) is 16.9. The maximum absolute atomic E-state index is 14.5. The molecule has 0 bridgehead atoms. The quantitative estimate of drug-likeness (QED) is 0.256. The van der Waals surface area contributed by atoms with Crippen LogP contribution in [0.3, 0.4) is 0 Å². The molecule has 0 atom stereocenters. The van der Waals surface area contributed by atoms with E-state index in [0.29, 0.717) is 25.4 Å². The molecule has 5 nitrogen and oxygen atoms in total. The van der Waals surface area contributed by atoms with Crippen molar-refractivity contribution in [3.63, 3.8) is 0 Å². The van der Waals surface area contributed by atoms with Crippen molar-refractivity contribution in [2.75, 3.05) is 44.8 Å². The summed E-state index contributed by atoms with van der Waals surface area (Å²) in [6.45, 7) is 4.29. The number of benzene rings is 1. The van der Waals surface area contributed by atoms with Crippen LogP contribution in [0.5, 0.6) is 0 Å². The van der Waals surface area contributed by atoms with Crippen LogP contribution in [0.25, 0.3) is 0 Å². The van der Waals surface area contributed by atoms with Gasteiger partial charge in [-0.1, -0.05) is 31.7 Å². The van der Waals surface area contributed by atoms with Crippen LogP contribution in [-0.4, -0.2) is 45.9 Å². The molecule has 3 rings (SSSR count). The number of rotatable bonds is 7. The van der Waals surface area contributed by atoms with Crippen LogP contribution in [-0.2, 0) is 11.3 Å². The normalized spacial score (nSPS) is 18.1. The molecule has 1 heterocycles. The van der Waals surface area contributed by atoms with Crippen molar-refractivity contribution >= 4 is 35.6 Å². The highest BCUT2D eigenvalue weighted by Crippen LogP contribution is 2.28. The minimum absolute atomic E-state index is 0. The molecule has 1 aromatic carbocycles. The van der Waals surface area contributed by atoms with Gasteiger partial charge in [0.15, 0.2) is 5.96 Å². The molecular formula is C21H34FIN4O. The first kappa shape index (κ1) is 23.2. The zero-order chi connectivity index (χ0) is 18.9. The van der Waals surface area contributed by atoms with Gasteiger partial charge in [0.05, 0.1) is 18.9 Å². The summed E-state index contributed by atoms with van der Waals surface area (Å²) in [5.74, 6) is 1.53. The Hall–Kier alpha value is -1.09. The first-order valence-electron chi connectivity index (χ1n) is 10.3. The van der Waals surface area contributed by atoms with Gasteiger partial charge in [0, 0.05) is 33.2 Å². The molecule has 1 aliphatic carbocycles. The van der Waals surface area contributed by atoms with E-state index in [1.807, 2.05) is 17.0 Å². The number of nitrogens with zero attached hydrogens (tertiary/aromatic N) is 2. The van der Waals surface area contributed by atoms with Gasteiger partial charge in [-0.25, -0.2) is 4.39 Å². The largest absolute Gasteiger partial charge is 0.378 e. The summed E-state index contributed by atoms with van der Waals surface area (Å²) < 4.78 is 19.8. The number of hydrogen-bond acceptors (Lipinski definition) is 3. The van der Waals surface area contributed by atoms with Gasteiger partial charge in [-0.2, -0.15) is 0 Å². The maximum Gasteiger partial charge on any atom is 0.191 e. The molecule has 28 heavy (non-hydrogen) atoms. The Kier molecular flexibility index (Phi) is 10.3. The van der Waals surface area contributed by atoms with Crippen molar-refractivity contribution in [2.24, 2.45) is 10.9 Å². The Balaban J connectivity index is 0.00000280. The van der Waals surface area contributed by atoms with E-state index in [2.05, 4.69) is 15.6 Å². The molecule has 2 fully saturated rings. The van der Waals surface area contributed by atoms with Crippen molar-refractivity contribution in [3.05, 3.63) is 29.6 Å². The number of ether oxygens (including phenoxy) is 1. The fraction of sp³-hybridized carbons (Fsp3) is 0.667. The molecule has 0 unspecified atom stereocenters. The Morgan fingerprint density at radius 2 is 1.96 bits per heavy atom. The van der Waals surface area contributed by atoms with E-state index in [4.69, 9.17) is 4.74 Å². The molecule has 1 saturated heterocycles. The number of anilines is 1. The molecule has 7 heteroatoms. The van der Waals surface area contributed by atoms with E-state index in [-0.39, 0.29) is 29.8 Å². The summed E-state index contributed by atoms with van der Waals surface area (Å²) in [6, 6.07) is 5.47. The fourth-order valence-electron chi connectivity index (χ4n) is 4.02. The average Bonchev–Trinajstić information content (AvgIpc) is 3.22. The maximum atomic E-state index is 14.5. The number of aliphatic imine (C=N–C) groups is 1. The van der Waals surface area contributed by atoms with Crippen LogP contribution in [0.1, 0.15) is 44.1 Å². The van der Waals surface area contributed by atoms with E-state index in [9.17, 15) is 4.39 Å². The summed E-state index contributed by atoms with van der Waals surface area (Å²) in [7, 11) is 1.77. The van der Waals surface area contributed by atoms with Gasteiger partial charge in [-0.3, -0.25) is 4.99 Å². The van der Waals surface area contributed by atoms with E-state index in [0.717, 1.165) is 37.1 Å². The van der Waals surface area contributed by atoms with Gasteiger partial charge < -0.3 is 20.3 Å². The van der Waals surface area contributed by atoms with Crippen molar-refractivity contribution in [1.29, 1.82) is 0 Å². The third kappa shape index (κ3) is 7.06. The lowest BCUT2D eigenvalue weighted by molar-refractivity contribution is 0.122. The van der Waals surface area contributed by atoms with Crippen molar-refractivity contribution in [1.82, 2.24) is 10.6 Å². The first-order valence-corrected chi connectivity index (χ1v) is 10.3. The van der Waals surface area contributed by atoms with Gasteiger partial charge >= 0.3 is 0 Å². The molecule has 0 radical (unpaired) electrons. The molecular weight excluding hydrogens is 470 g/mol. The van der Waals surface area contributed by atoms with Crippen LogP contribution in [0.4, 0.5) is 10.1 Å². The minimum Gasteiger partial charge on any atom is -0.378 e. The van der Waals surface area contributed by atoms with Crippen LogP contribution in [0.2, 0.25) is 0 Å². The van der Waals surface area contributed by atoms with E-state index in [1.165, 1.54) is 38.5 Å². The number of nitrogens with one attached hydrogen (secondary N) is 2. The minimum atomic E-state index is -0.171. The average molecular weight is 504 g/mol. The van der Waals surface area contributed by atoms with Gasteiger partial charge in [-0.15, -0.1) is 24.0 Å². The van der Waals surface area contributed by atoms with Gasteiger partial charge in [0.25, 0.3) is 0 Å². The Morgan fingerprint density at radius 1 is 1.21 bits per heavy atom. The van der Waals surface area contributed by atoms with Gasteiger partial charge in [-0.05, 0) is 36.5 Å². The number of morpholine rings is 1. The monoisotopic (exact) mass is 504 g/mol. The molecule has 2 aliphatic rings. The molecule has 1 aliphatic heterocycles. The summed E-state index contributed by atoms with van der Waals surface area (Å²) in [5, 5.41) is 6.64. The van der Waals surface area contributed by atoms with Crippen LogP contribution in [0.15, 0.2) is 23.2 Å². The SMILES string of the molecule is CN=C(NCCCC1CCCC1)NCc1ccc(N2CCOCC2)c(F)c1.I. The van der Waals surface area contributed by atoms with Crippen molar-refractivity contribution < 1.29 is 9.13 Å². The highest BCUT2D eigenvalue weighted by atomic mass is 127. The fourth-order valence-corrected chi connectivity index (χ4v) is 4.02. The predicted octanol–water partition coefficient (Wildman–Crippen LogP) is 3.92. The number of hydrogen-bond donors (Lipinski definition) is 2. The lowest BCUT2D eigenvalue weighted by atomic mass is 10.0. The van der Waals surface area contributed by atoms with Crippen LogP contribution < -0.4 is 15.5 Å². The molecule has 0 spiro atoms. The lowest BCUT2D eigenvalue weighted by Crippen LogP contribution is -2.37. The van der Waals surface area contributed by atoms with E-state index in [1.54, 1.807) is 13.1 Å². The molecule has 2 N–H and O–H groups in total. The predicted molar refractivity (Wildman–Crippen MR) is 124 cm³/mol. The summed E-state index contributed by atoms with van der Waals surface area (Å²) in [6.07, 6.45) is 8.09. The van der Waals surface area contributed by atoms with Gasteiger partial charge in [0.2, 0.25) is 0 Å². The highest BCUT2D eigenvalue weighted by Gasteiger charge is 2.16. The summed E-state index contributed by atoms with van der Waals surface area (Å²) >= 11 is 0. The van der Waals surface area contributed by atoms with Crippen LogP contribution in [0, 0.1) is 11.7 Å².